The van der Waals surface area contributed by atoms with Crippen LogP contribution in [-0.4, -0.2) is 51.4 Å². The molecule has 0 heterocycles. The Hall–Kier alpha value is 3.68. The molecule has 0 aliphatic heterocycles. The van der Waals surface area contributed by atoms with Crippen molar-refractivity contribution < 1.29 is 88.4 Å². The zero-order chi connectivity index (χ0) is 8.97. The predicted octanol–water partition coefficient (Wildman–Crippen LogP) is -2.25. The van der Waals surface area contributed by atoms with Crippen LogP contribution in [0.25, 0.3) is 0 Å². The molecule has 0 aliphatic rings. The summed E-state index contributed by atoms with van der Waals surface area (Å²) in [5.74, 6) is 0. The number of hydrogen-bond acceptors (Lipinski definition) is 5. The summed E-state index contributed by atoms with van der Waals surface area (Å²) in [6.07, 6.45) is 0. The molecule has 3 nitrogen and oxygen atoms in total. The van der Waals surface area contributed by atoms with Gasteiger partial charge in [0.2, 0.25) is 0 Å². The normalized spacial score (nSPS) is 8.13. The number of benzene rings is 1. The van der Waals surface area contributed by atoms with E-state index in [9.17, 15) is 5.26 Å². The average molecular weight is 477 g/mol. The third-order valence-electron chi connectivity index (χ3n) is 1.30. The van der Waals surface area contributed by atoms with E-state index in [-0.39, 0.29) is 125 Å². The van der Waals surface area contributed by atoms with Crippen LogP contribution in [0, 0.1) is 6.92 Å². The molecule has 0 N–H and O–H groups in total. The molecular formula is C7H6AuK2O3S2. The molecule has 1 radical (unpaired) electrons. The van der Waals surface area contributed by atoms with Crippen molar-refractivity contribution in [2.24, 2.45) is 0 Å². The Kier molecular flexibility index (Phi) is 22.3. The van der Waals surface area contributed by atoms with Crippen LogP contribution < -0.4 is 56.6 Å². The van der Waals surface area contributed by atoms with E-state index in [0.717, 1.165) is 27.4 Å². The molecule has 0 aromatic heterocycles. The molecule has 8 heteroatoms. The van der Waals surface area contributed by atoms with Gasteiger partial charge in [-0.3, -0.25) is 5.04 Å². The second kappa shape index (κ2) is 14.1. The fourth-order valence-corrected chi connectivity index (χ4v) is 1.31. The third kappa shape index (κ3) is 10.2. The molecule has 15 heavy (non-hydrogen) atoms. The van der Waals surface area contributed by atoms with Crippen LogP contribution in [0.2, 0.25) is 0 Å². The Bertz CT molecular complexity index is 278. The maximum Gasteiger partial charge on any atom is 1.00 e. The molecule has 1 rings (SSSR count). The van der Waals surface area contributed by atoms with Crippen LogP contribution in [0.15, 0.2) is 28.0 Å². The summed E-state index contributed by atoms with van der Waals surface area (Å²) in [5, 5.41) is 12.7. The maximum atomic E-state index is 9.49. The summed E-state index contributed by atoms with van der Waals surface area (Å²) in [6.45, 7) is 1.89. The Morgan fingerprint density at radius 1 is 1.40 bits per heavy atom. The molecule has 0 saturated carbocycles. The molecular weight excluding hydrogens is 471 g/mol. The second-order valence-corrected chi connectivity index (χ2v) is 3.36. The van der Waals surface area contributed by atoms with Crippen LogP contribution in [0.5, 0.6) is 0 Å². The van der Waals surface area contributed by atoms with Gasteiger partial charge in [-0.05, 0) is 19.1 Å². The van der Waals surface area contributed by atoms with Gasteiger partial charge in [-0.2, -0.15) is 9.23 Å². The first kappa shape index (κ1) is 23.8. The van der Waals surface area contributed by atoms with E-state index in [4.69, 9.17) is 12.6 Å². The van der Waals surface area contributed by atoms with Crippen LogP contribution in [0.3, 0.4) is 0 Å². The van der Waals surface area contributed by atoms with Gasteiger partial charge in [0.05, 0.1) is 12.0 Å². The molecule has 0 fully saturated rings. The summed E-state index contributed by atoms with van der Waals surface area (Å²) < 4.78 is 4.14. The van der Waals surface area contributed by atoms with Gasteiger partial charge in [0, 0.05) is 56.3 Å². The maximum absolute atomic E-state index is 9.49. The number of rotatable bonds is 3. The fraction of sp³-hybridized carbons (Fsp3) is 0.143. The standard InChI is InChI=1S/C7H8O3S2.Au.2K/c1-5-4-6(12-10-9-8)2-3-7(5)11;;;/h2-4,8,11H,1H3;;;/q;+1;;+1/p-2. The minimum absolute atomic E-state index is 0. The molecule has 0 atom stereocenters. The van der Waals surface area contributed by atoms with Crippen molar-refractivity contribution in [1.82, 2.24) is 0 Å². The smallest absolute Gasteiger partial charge is 0.779 e. The molecule has 0 amide bonds. The van der Waals surface area contributed by atoms with Crippen LogP contribution in [0.1, 0.15) is 5.56 Å². The molecule has 77 valence electrons. The largest absolute Gasteiger partial charge is 1.00 e. The first-order valence-corrected chi connectivity index (χ1v) is 4.30. The van der Waals surface area contributed by atoms with Crippen molar-refractivity contribution >= 4 is 76.1 Å². The van der Waals surface area contributed by atoms with Crippen molar-refractivity contribution in [1.29, 1.82) is 0 Å². The summed E-state index contributed by atoms with van der Waals surface area (Å²) in [7, 11) is 0. The second-order valence-electron chi connectivity index (χ2n) is 2.15. The van der Waals surface area contributed by atoms with Gasteiger partial charge in [-0.1, -0.05) is 11.6 Å². The molecule has 0 bridgehead atoms. The van der Waals surface area contributed by atoms with Gasteiger partial charge >= 0.3 is 73.8 Å². The minimum Gasteiger partial charge on any atom is -0.779 e. The van der Waals surface area contributed by atoms with Crippen molar-refractivity contribution in [3.05, 3.63) is 23.8 Å². The fourth-order valence-electron chi connectivity index (χ4n) is 0.727. The van der Waals surface area contributed by atoms with Crippen LogP contribution in [-0.2, 0) is 44.4 Å². The first-order valence-electron chi connectivity index (χ1n) is 3.15. The topological polar surface area (TPSA) is 41.5 Å². The molecule has 1 aromatic carbocycles. The van der Waals surface area contributed by atoms with E-state index in [1.54, 1.807) is 12.1 Å². The third-order valence-corrected chi connectivity index (χ3v) is 2.33. The number of hydrogen-bond donors (Lipinski definition) is 0. The number of aryl methyl sites for hydroxylation is 1. The molecule has 1 aromatic rings. The molecule has 0 saturated heterocycles. The van der Waals surface area contributed by atoms with E-state index in [1.807, 2.05) is 13.0 Å². The van der Waals surface area contributed by atoms with E-state index >= 15 is 0 Å². The summed E-state index contributed by atoms with van der Waals surface area (Å²) in [5.41, 5.74) is 0.976. The monoisotopic (exact) mass is 477 g/mol. The van der Waals surface area contributed by atoms with Crippen molar-refractivity contribution in [2.45, 2.75) is 16.7 Å². The molecule has 0 aliphatic carbocycles. The van der Waals surface area contributed by atoms with Crippen molar-refractivity contribution in [3.8, 4) is 0 Å². The minimum atomic E-state index is 0. The average Bonchev–Trinajstić information content (AvgIpc) is 2.07. The van der Waals surface area contributed by atoms with Gasteiger partial charge in [-0.15, -0.1) is 0 Å². The SMILES string of the molecule is Cc1cc(SOO[O-])ccc1[S-].[Au+].[K+].[K]. The zero-order valence-electron chi connectivity index (χ0n) is 8.57. The van der Waals surface area contributed by atoms with Crippen LogP contribution >= 0.6 is 12.0 Å². The Morgan fingerprint density at radius 2 is 2.00 bits per heavy atom. The quantitative estimate of drug-likeness (QED) is 0.162. The molecule has 0 unspecified atom stereocenters. The Morgan fingerprint density at radius 3 is 2.47 bits per heavy atom. The summed E-state index contributed by atoms with van der Waals surface area (Å²) in [4.78, 5) is 1.58. The van der Waals surface area contributed by atoms with E-state index in [1.165, 1.54) is 0 Å². The predicted molar refractivity (Wildman–Crippen MR) is 50.6 cm³/mol. The van der Waals surface area contributed by atoms with Crippen molar-refractivity contribution in [2.75, 3.05) is 0 Å². The Balaban J connectivity index is -0.000000480. The molecule has 0 spiro atoms. The van der Waals surface area contributed by atoms with Gasteiger partial charge in [-0.25, -0.2) is 0 Å². The van der Waals surface area contributed by atoms with E-state index in [0.29, 0.717) is 0 Å². The zero-order valence-corrected chi connectivity index (χ0v) is 18.6. The Labute approximate surface area is 200 Å². The van der Waals surface area contributed by atoms with Gasteiger partial charge in [0.1, 0.15) is 0 Å². The summed E-state index contributed by atoms with van der Waals surface area (Å²) >= 11 is 5.84. The van der Waals surface area contributed by atoms with Gasteiger partial charge < -0.3 is 17.9 Å². The van der Waals surface area contributed by atoms with Gasteiger partial charge in [0.25, 0.3) is 0 Å². The summed E-state index contributed by atoms with van der Waals surface area (Å²) in [6, 6.07) is 5.37. The van der Waals surface area contributed by atoms with Gasteiger partial charge in [0.15, 0.2) is 0 Å². The van der Waals surface area contributed by atoms with Crippen LogP contribution in [0.4, 0.5) is 0 Å². The van der Waals surface area contributed by atoms with E-state index in [2.05, 4.69) is 9.37 Å². The first-order chi connectivity index (χ1) is 5.74. The van der Waals surface area contributed by atoms with Crippen molar-refractivity contribution in [3.63, 3.8) is 0 Å². The van der Waals surface area contributed by atoms with E-state index < -0.39 is 0 Å².